The number of hydrogen-bond donors (Lipinski definition) is 1. The number of nitrogens with one attached hydrogen (secondary N) is 1. The van der Waals surface area contributed by atoms with E-state index in [2.05, 4.69) is 15.5 Å². The van der Waals surface area contributed by atoms with Crippen molar-refractivity contribution in [2.24, 2.45) is 0 Å². The maximum absolute atomic E-state index is 13.2. The Balaban J connectivity index is 1.84. The zero-order valence-electron chi connectivity index (χ0n) is 13.8. The topological polar surface area (TPSA) is 58.1 Å². The molecule has 1 N–H and O–H groups in total. The van der Waals surface area contributed by atoms with Gasteiger partial charge in [0.25, 0.3) is 0 Å². The number of benzene rings is 1. The molecule has 1 amide bonds. The van der Waals surface area contributed by atoms with E-state index in [1.54, 1.807) is 6.92 Å². The molecule has 1 aliphatic rings. The third kappa shape index (κ3) is 4.12. The van der Waals surface area contributed by atoms with E-state index in [0.717, 1.165) is 5.01 Å². The second kappa shape index (κ2) is 7.18. The van der Waals surface area contributed by atoms with E-state index in [4.69, 9.17) is 0 Å². The quantitative estimate of drug-likeness (QED) is 0.822. The average molecular weight is 388 g/mol. The largest absolute Gasteiger partial charge is 0.471 e. The highest BCUT2D eigenvalue weighted by atomic mass is 32.1. The Kier molecular flexibility index (Phi) is 5.12. The van der Waals surface area contributed by atoms with Gasteiger partial charge in [-0.1, -0.05) is 23.5 Å². The number of hydrogen-bond acceptors (Lipinski definition) is 5. The second-order valence-corrected chi connectivity index (χ2v) is 7.23. The Bertz CT molecular complexity index is 777. The lowest BCUT2D eigenvalue weighted by Gasteiger charge is -2.39. The summed E-state index contributed by atoms with van der Waals surface area (Å²) in [6, 6.07) is 4.82. The number of aromatic nitrogens is 2. The van der Waals surface area contributed by atoms with Crippen LogP contribution in [0, 0.1) is 12.7 Å². The van der Waals surface area contributed by atoms with Crippen LogP contribution in [0.15, 0.2) is 24.3 Å². The van der Waals surface area contributed by atoms with Gasteiger partial charge in [-0.2, -0.15) is 13.2 Å². The van der Waals surface area contributed by atoms with Crippen LogP contribution in [0.3, 0.4) is 0 Å². The lowest BCUT2D eigenvalue weighted by molar-refractivity contribution is -0.174. The zero-order valence-corrected chi connectivity index (χ0v) is 14.6. The van der Waals surface area contributed by atoms with Crippen LogP contribution in [0.4, 0.5) is 22.7 Å². The molecule has 1 aromatic heterocycles. The zero-order chi connectivity index (χ0) is 18.9. The first-order valence-corrected chi connectivity index (χ1v) is 8.74. The molecule has 2 aromatic rings. The summed E-state index contributed by atoms with van der Waals surface area (Å²) in [5.41, 5.74) is 0.687. The smallest absolute Gasteiger partial charge is 0.345 e. The molecular weight excluding hydrogens is 372 g/mol. The monoisotopic (exact) mass is 388 g/mol. The van der Waals surface area contributed by atoms with Gasteiger partial charge in [0.1, 0.15) is 10.8 Å². The van der Waals surface area contributed by atoms with Crippen LogP contribution in [0.1, 0.15) is 22.9 Å². The number of piperidine rings is 1. The number of aryl methyl sites for hydroxylation is 1. The highest BCUT2D eigenvalue weighted by Crippen LogP contribution is 2.32. The van der Waals surface area contributed by atoms with Crippen molar-refractivity contribution in [2.75, 3.05) is 18.0 Å². The third-order valence-electron chi connectivity index (χ3n) is 4.27. The molecule has 2 atom stereocenters. The summed E-state index contributed by atoms with van der Waals surface area (Å²) in [7, 11) is 0. The SMILES string of the molecule is Cc1nnc(N2CCC(c3ccc(F)cc3)C(NC(=O)C(F)(F)F)C2)s1. The molecule has 0 spiro atoms. The molecule has 1 saturated heterocycles. The Morgan fingerprint density at radius 1 is 1.27 bits per heavy atom. The van der Waals surface area contributed by atoms with Gasteiger partial charge in [-0.25, -0.2) is 4.39 Å². The molecule has 0 bridgehead atoms. The van der Waals surface area contributed by atoms with Gasteiger partial charge in [-0.3, -0.25) is 4.79 Å². The number of anilines is 1. The highest BCUT2D eigenvalue weighted by Gasteiger charge is 2.42. The third-order valence-corrected chi connectivity index (χ3v) is 5.17. The lowest BCUT2D eigenvalue weighted by Crippen LogP contribution is -2.54. The maximum Gasteiger partial charge on any atom is 0.471 e. The summed E-state index contributed by atoms with van der Waals surface area (Å²) in [5, 5.41) is 11.4. The van der Waals surface area contributed by atoms with Gasteiger partial charge in [0.2, 0.25) is 5.13 Å². The van der Waals surface area contributed by atoms with Crippen molar-refractivity contribution in [1.29, 1.82) is 0 Å². The molecule has 0 saturated carbocycles. The average Bonchev–Trinajstić information content (AvgIpc) is 3.01. The summed E-state index contributed by atoms with van der Waals surface area (Å²) in [6.07, 6.45) is -4.47. The van der Waals surface area contributed by atoms with Gasteiger partial charge in [0, 0.05) is 19.0 Å². The molecule has 5 nitrogen and oxygen atoms in total. The molecule has 0 radical (unpaired) electrons. The normalized spacial score (nSPS) is 20.9. The van der Waals surface area contributed by atoms with Crippen molar-refractivity contribution in [3.05, 3.63) is 40.7 Å². The van der Waals surface area contributed by atoms with Crippen LogP contribution in [0.5, 0.6) is 0 Å². The van der Waals surface area contributed by atoms with Crippen molar-refractivity contribution in [3.8, 4) is 0 Å². The fraction of sp³-hybridized carbons (Fsp3) is 0.438. The van der Waals surface area contributed by atoms with E-state index in [1.807, 2.05) is 4.90 Å². The minimum Gasteiger partial charge on any atom is -0.345 e. The minimum absolute atomic E-state index is 0.165. The fourth-order valence-corrected chi connectivity index (χ4v) is 3.77. The summed E-state index contributed by atoms with van der Waals surface area (Å²) in [5.74, 6) is -2.76. The van der Waals surface area contributed by atoms with Crippen LogP contribution in [-0.2, 0) is 4.79 Å². The number of carbonyl (C=O) groups excluding carboxylic acids is 1. The lowest BCUT2D eigenvalue weighted by atomic mass is 9.85. The molecule has 1 aromatic carbocycles. The van der Waals surface area contributed by atoms with Crippen molar-refractivity contribution in [3.63, 3.8) is 0 Å². The van der Waals surface area contributed by atoms with E-state index in [1.165, 1.54) is 35.6 Å². The van der Waals surface area contributed by atoms with E-state index < -0.39 is 23.9 Å². The number of halogens is 4. The molecule has 0 aliphatic carbocycles. The summed E-state index contributed by atoms with van der Waals surface area (Å²) in [6.45, 7) is 2.50. The van der Waals surface area contributed by atoms with Crippen LogP contribution >= 0.6 is 11.3 Å². The predicted molar refractivity (Wildman–Crippen MR) is 88.6 cm³/mol. The van der Waals surface area contributed by atoms with Gasteiger partial charge < -0.3 is 10.2 Å². The van der Waals surface area contributed by atoms with Crippen LogP contribution < -0.4 is 10.2 Å². The summed E-state index contributed by atoms with van der Waals surface area (Å²) in [4.78, 5) is 13.3. The van der Waals surface area contributed by atoms with Crippen LogP contribution in [0.25, 0.3) is 0 Å². The van der Waals surface area contributed by atoms with Gasteiger partial charge in [0.15, 0.2) is 0 Å². The number of carbonyl (C=O) groups is 1. The first kappa shape index (κ1) is 18.6. The molecule has 2 heterocycles. The standard InChI is InChI=1S/C16H16F4N4OS/c1-9-22-23-15(26-9)24-7-6-12(10-2-4-11(17)5-3-10)13(8-24)21-14(25)16(18,19)20/h2-5,12-13H,6-8H2,1H3,(H,21,25). The van der Waals surface area contributed by atoms with Crippen molar-refractivity contribution < 1.29 is 22.4 Å². The number of alkyl halides is 3. The van der Waals surface area contributed by atoms with E-state index in [-0.39, 0.29) is 12.5 Å². The molecule has 2 unspecified atom stereocenters. The first-order valence-electron chi connectivity index (χ1n) is 7.92. The number of rotatable bonds is 3. The molecule has 1 aliphatic heterocycles. The van der Waals surface area contributed by atoms with Gasteiger partial charge in [0.05, 0.1) is 6.04 Å². The Morgan fingerprint density at radius 3 is 2.54 bits per heavy atom. The van der Waals surface area contributed by atoms with E-state index in [0.29, 0.717) is 23.7 Å². The van der Waals surface area contributed by atoms with Crippen LogP contribution in [-0.4, -0.2) is 41.4 Å². The molecular formula is C16H16F4N4OS. The minimum atomic E-state index is -4.96. The van der Waals surface area contributed by atoms with Gasteiger partial charge in [-0.15, -0.1) is 10.2 Å². The summed E-state index contributed by atoms with van der Waals surface area (Å²) >= 11 is 1.34. The Morgan fingerprint density at radius 2 is 1.96 bits per heavy atom. The fourth-order valence-electron chi connectivity index (χ4n) is 3.05. The molecule has 10 heteroatoms. The van der Waals surface area contributed by atoms with Crippen molar-refractivity contribution in [1.82, 2.24) is 15.5 Å². The van der Waals surface area contributed by atoms with Gasteiger partial charge >= 0.3 is 12.1 Å². The second-order valence-electron chi connectivity index (χ2n) is 6.07. The Labute approximate surface area is 151 Å². The van der Waals surface area contributed by atoms with Crippen LogP contribution in [0.2, 0.25) is 0 Å². The molecule has 140 valence electrons. The molecule has 1 fully saturated rings. The van der Waals surface area contributed by atoms with Crippen molar-refractivity contribution in [2.45, 2.75) is 31.5 Å². The predicted octanol–water partition coefficient (Wildman–Crippen LogP) is 3.03. The number of nitrogens with zero attached hydrogens (tertiary/aromatic N) is 3. The maximum atomic E-state index is 13.2. The highest BCUT2D eigenvalue weighted by molar-refractivity contribution is 7.15. The summed E-state index contributed by atoms with van der Waals surface area (Å²) < 4.78 is 51.3. The van der Waals surface area contributed by atoms with Crippen molar-refractivity contribution >= 4 is 22.4 Å². The van der Waals surface area contributed by atoms with E-state index >= 15 is 0 Å². The molecule has 3 rings (SSSR count). The first-order chi connectivity index (χ1) is 12.2. The molecule has 26 heavy (non-hydrogen) atoms. The van der Waals surface area contributed by atoms with Gasteiger partial charge in [-0.05, 0) is 31.0 Å². The number of amides is 1. The Hall–Kier alpha value is -2.23. The van der Waals surface area contributed by atoms with E-state index in [9.17, 15) is 22.4 Å².